The average molecular weight is 322 g/mol. The van der Waals surface area contributed by atoms with Crippen LogP contribution in [0.3, 0.4) is 0 Å². The first-order chi connectivity index (χ1) is 10.7. The minimum absolute atomic E-state index is 0.00530. The summed E-state index contributed by atoms with van der Waals surface area (Å²) in [5, 5.41) is 31.5. The first kappa shape index (κ1) is 16.0. The molecule has 4 aliphatic carbocycles. The molecule has 0 aromatic heterocycles. The van der Waals surface area contributed by atoms with Gasteiger partial charge >= 0.3 is 0 Å². The smallest absolute Gasteiger partial charge is 0.165 e. The zero-order valence-corrected chi connectivity index (χ0v) is 14.3. The number of rotatable bonds is 0. The fraction of sp³-hybridized carbons (Fsp3) is 0.947. The second-order valence-electron chi connectivity index (χ2n) is 9.41. The molecule has 4 rings (SSSR count). The predicted octanol–water partition coefficient (Wildman–Crippen LogP) is 2.04. The van der Waals surface area contributed by atoms with E-state index in [9.17, 15) is 20.1 Å². The van der Waals surface area contributed by atoms with E-state index in [1.807, 2.05) is 6.92 Å². The van der Waals surface area contributed by atoms with Gasteiger partial charge in [0.15, 0.2) is 5.78 Å². The van der Waals surface area contributed by atoms with Gasteiger partial charge in [0.25, 0.3) is 0 Å². The number of Topliss-reactive ketones (excluding diaryl/α,β-unsaturated/α-hetero) is 1. The number of carbonyl (C=O) groups excluding carboxylic acids is 1. The molecule has 130 valence electrons. The lowest BCUT2D eigenvalue weighted by Gasteiger charge is -2.63. The Kier molecular flexibility index (Phi) is 3.35. The Bertz CT molecular complexity index is 533. The monoisotopic (exact) mass is 322 g/mol. The molecule has 3 N–H and O–H groups in total. The Morgan fingerprint density at radius 2 is 1.70 bits per heavy atom. The largest absolute Gasteiger partial charge is 0.390 e. The summed E-state index contributed by atoms with van der Waals surface area (Å²) in [4.78, 5) is 12.9. The van der Waals surface area contributed by atoms with Gasteiger partial charge in [0, 0.05) is 18.3 Å². The van der Waals surface area contributed by atoms with Crippen molar-refractivity contribution in [2.24, 2.45) is 28.6 Å². The van der Waals surface area contributed by atoms with Gasteiger partial charge in [0.2, 0.25) is 0 Å². The average Bonchev–Trinajstić information content (AvgIpc) is 2.86. The SMILES string of the molecule is C[C@@]12CCCC1C1CC(=O)[C@@]3(O)C[C@H](O)[C@@H](O)C[C@]3(C)C1CC2. The highest BCUT2D eigenvalue weighted by Gasteiger charge is 2.67. The highest BCUT2D eigenvalue weighted by atomic mass is 16.3. The van der Waals surface area contributed by atoms with E-state index in [0.29, 0.717) is 30.1 Å². The standard InChI is InChI=1S/C19H30O4/c1-17-6-3-4-12(17)11-8-16(22)19(23)10-15(21)14(20)9-18(19,2)13(11)5-7-17/h11-15,20-21,23H,3-10H2,1-2H3/t11?,12?,13?,14-,15-,17-,18+,19-/m0/s1. The van der Waals surface area contributed by atoms with Crippen LogP contribution in [0.1, 0.15) is 65.2 Å². The van der Waals surface area contributed by atoms with Crippen molar-refractivity contribution in [1.82, 2.24) is 0 Å². The van der Waals surface area contributed by atoms with E-state index in [2.05, 4.69) is 6.92 Å². The van der Waals surface area contributed by atoms with Crippen LogP contribution in [0.2, 0.25) is 0 Å². The molecule has 0 radical (unpaired) electrons. The predicted molar refractivity (Wildman–Crippen MR) is 85.6 cm³/mol. The van der Waals surface area contributed by atoms with Gasteiger partial charge in [0.1, 0.15) is 5.60 Å². The lowest BCUT2D eigenvalue weighted by molar-refractivity contribution is -0.228. The van der Waals surface area contributed by atoms with Crippen molar-refractivity contribution >= 4 is 5.78 Å². The first-order valence-corrected chi connectivity index (χ1v) is 9.33. The van der Waals surface area contributed by atoms with Crippen molar-refractivity contribution < 1.29 is 20.1 Å². The molecule has 8 atom stereocenters. The molecule has 0 aromatic rings. The van der Waals surface area contributed by atoms with Crippen LogP contribution in [0.25, 0.3) is 0 Å². The lowest BCUT2D eigenvalue weighted by atomic mass is 9.43. The van der Waals surface area contributed by atoms with Crippen molar-refractivity contribution in [3.8, 4) is 0 Å². The van der Waals surface area contributed by atoms with Gasteiger partial charge in [-0.3, -0.25) is 4.79 Å². The van der Waals surface area contributed by atoms with Crippen LogP contribution in [0.5, 0.6) is 0 Å². The molecule has 0 aromatic carbocycles. The zero-order valence-electron chi connectivity index (χ0n) is 14.3. The van der Waals surface area contributed by atoms with Crippen LogP contribution in [-0.2, 0) is 4.79 Å². The fourth-order valence-corrected chi connectivity index (χ4v) is 7.04. The summed E-state index contributed by atoms with van der Waals surface area (Å²) in [6.45, 7) is 4.38. The van der Waals surface area contributed by atoms with Crippen molar-refractivity contribution in [3.63, 3.8) is 0 Å². The van der Waals surface area contributed by atoms with E-state index in [0.717, 1.165) is 12.8 Å². The highest BCUT2D eigenvalue weighted by molar-refractivity contribution is 5.89. The summed E-state index contributed by atoms with van der Waals surface area (Å²) >= 11 is 0. The van der Waals surface area contributed by atoms with Crippen LogP contribution < -0.4 is 0 Å². The highest BCUT2D eigenvalue weighted by Crippen LogP contribution is 2.66. The lowest BCUT2D eigenvalue weighted by Crippen LogP contribution is -2.69. The molecule has 4 aliphatic rings. The summed E-state index contributed by atoms with van der Waals surface area (Å²) in [6.07, 6.45) is 4.88. The van der Waals surface area contributed by atoms with Gasteiger partial charge in [-0.25, -0.2) is 0 Å². The fourth-order valence-electron chi connectivity index (χ4n) is 7.04. The Balaban J connectivity index is 1.74. The first-order valence-electron chi connectivity index (χ1n) is 9.33. The van der Waals surface area contributed by atoms with Crippen molar-refractivity contribution in [1.29, 1.82) is 0 Å². The number of fused-ring (bicyclic) bond motifs is 5. The maximum atomic E-state index is 12.9. The van der Waals surface area contributed by atoms with Gasteiger partial charge in [-0.2, -0.15) is 0 Å². The van der Waals surface area contributed by atoms with Gasteiger partial charge < -0.3 is 15.3 Å². The molecule has 0 aliphatic heterocycles. The molecule has 0 saturated heterocycles. The van der Waals surface area contributed by atoms with Crippen molar-refractivity contribution in [2.45, 2.75) is 83.0 Å². The molecule has 0 bridgehead atoms. The number of ketones is 1. The molecular formula is C19H30O4. The zero-order chi connectivity index (χ0) is 16.6. The maximum Gasteiger partial charge on any atom is 0.165 e. The summed E-state index contributed by atoms with van der Waals surface area (Å²) < 4.78 is 0. The molecule has 4 saturated carbocycles. The molecular weight excluding hydrogens is 292 g/mol. The van der Waals surface area contributed by atoms with E-state index in [-0.39, 0.29) is 18.1 Å². The van der Waals surface area contributed by atoms with Gasteiger partial charge in [-0.05, 0) is 55.3 Å². The van der Waals surface area contributed by atoms with Crippen LogP contribution in [-0.4, -0.2) is 38.9 Å². The quantitative estimate of drug-likeness (QED) is 0.638. The summed E-state index contributed by atoms with van der Waals surface area (Å²) in [5.41, 5.74) is -1.70. The van der Waals surface area contributed by atoms with Crippen LogP contribution in [0.4, 0.5) is 0 Å². The Morgan fingerprint density at radius 3 is 2.43 bits per heavy atom. The number of hydrogen-bond donors (Lipinski definition) is 3. The van der Waals surface area contributed by atoms with E-state index in [1.54, 1.807) is 0 Å². The molecule has 3 unspecified atom stereocenters. The summed E-state index contributed by atoms with van der Waals surface area (Å²) in [6, 6.07) is 0. The van der Waals surface area contributed by atoms with Crippen LogP contribution >= 0.6 is 0 Å². The van der Waals surface area contributed by atoms with E-state index in [4.69, 9.17) is 0 Å². The van der Waals surface area contributed by atoms with Crippen LogP contribution in [0, 0.1) is 28.6 Å². The Hall–Kier alpha value is -0.450. The third kappa shape index (κ3) is 1.92. The number of aliphatic hydroxyl groups excluding tert-OH is 2. The van der Waals surface area contributed by atoms with E-state index in [1.165, 1.54) is 19.3 Å². The van der Waals surface area contributed by atoms with Crippen molar-refractivity contribution in [3.05, 3.63) is 0 Å². The van der Waals surface area contributed by atoms with Gasteiger partial charge in [-0.1, -0.05) is 20.3 Å². The molecule has 4 nitrogen and oxygen atoms in total. The van der Waals surface area contributed by atoms with E-state index >= 15 is 0 Å². The Morgan fingerprint density at radius 1 is 1.00 bits per heavy atom. The van der Waals surface area contributed by atoms with Crippen LogP contribution in [0.15, 0.2) is 0 Å². The third-order valence-corrected chi connectivity index (χ3v) is 8.45. The molecule has 23 heavy (non-hydrogen) atoms. The minimum Gasteiger partial charge on any atom is -0.390 e. The molecule has 4 heteroatoms. The Labute approximate surface area is 138 Å². The normalized spacial score (nSPS) is 59.2. The van der Waals surface area contributed by atoms with Gasteiger partial charge in [0.05, 0.1) is 12.2 Å². The molecule has 0 spiro atoms. The number of aliphatic hydroxyl groups is 3. The summed E-state index contributed by atoms with van der Waals surface area (Å²) in [5.74, 6) is 1.11. The maximum absolute atomic E-state index is 12.9. The van der Waals surface area contributed by atoms with Gasteiger partial charge in [-0.15, -0.1) is 0 Å². The second-order valence-corrected chi connectivity index (χ2v) is 9.41. The van der Waals surface area contributed by atoms with Crippen molar-refractivity contribution in [2.75, 3.05) is 0 Å². The number of hydrogen-bond acceptors (Lipinski definition) is 4. The second kappa shape index (κ2) is 4.80. The third-order valence-electron chi connectivity index (χ3n) is 8.45. The summed E-state index contributed by atoms with van der Waals surface area (Å²) in [7, 11) is 0. The molecule has 0 heterocycles. The molecule has 0 amide bonds. The number of carbonyl (C=O) groups is 1. The topological polar surface area (TPSA) is 77.8 Å². The minimum atomic E-state index is -1.46. The van der Waals surface area contributed by atoms with E-state index < -0.39 is 23.2 Å². The molecule has 4 fully saturated rings.